The number of alkyl halides is 3. The van der Waals surface area contributed by atoms with Gasteiger partial charge in [0, 0.05) is 0 Å². The third kappa shape index (κ3) is 3.45. The van der Waals surface area contributed by atoms with Crippen LogP contribution >= 0.6 is 0 Å². The first-order chi connectivity index (χ1) is 8.82. The summed E-state index contributed by atoms with van der Waals surface area (Å²) in [5.41, 5.74) is -1.39. The Morgan fingerprint density at radius 2 is 2.05 bits per heavy atom. The third-order valence-electron chi connectivity index (χ3n) is 2.00. The molecule has 0 unspecified atom stereocenters. The van der Waals surface area contributed by atoms with E-state index in [4.69, 9.17) is 5.26 Å². The van der Waals surface area contributed by atoms with Crippen molar-refractivity contribution in [2.45, 2.75) is 6.36 Å². The van der Waals surface area contributed by atoms with E-state index >= 15 is 0 Å². The molecular formula is C11H6F3NO4. The van der Waals surface area contributed by atoms with Gasteiger partial charge in [0.2, 0.25) is 0 Å². The van der Waals surface area contributed by atoms with Gasteiger partial charge in [0.15, 0.2) is 12.0 Å². The zero-order valence-electron chi connectivity index (χ0n) is 9.45. The number of ether oxygens (including phenoxy) is 2. The fourth-order valence-corrected chi connectivity index (χ4v) is 1.29. The quantitative estimate of drug-likeness (QED) is 0.622. The number of aldehydes is 1. The lowest BCUT2D eigenvalue weighted by Crippen LogP contribution is -2.19. The van der Waals surface area contributed by atoms with Crippen LogP contribution in [0.5, 0.6) is 5.75 Å². The summed E-state index contributed by atoms with van der Waals surface area (Å²) in [7, 11) is 1.05. The number of hydrogen-bond acceptors (Lipinski definition) is 5. The van der Waals surface area contributed by atoms with Crippen molar-refractivity contribution in [2.75, 3.05) is 7.11 Å². The second kappa shape index (κ2) is 5.39. The topological polar surface area (TPSA) is 76.4 Å². The fourth-order valence-electron chi connectivity index (χ4n) is 1.29. The summed E-state index contributed by atoms with van der Waals surface area (Å²) in [5.74, 6) is -1.84. The van der Waals surface area contributed by atoms with Crippen LogP contribution in [-0.4, -0.2) is 25.7 Å². The Labute approximate surface area is 105 Å². The highest BCUT2D eigenvalue weighted by Gasteiger charge is 2.34. The average molecular weight is 273 g/mol. The molecule has 0 bridgehead atoms. The minimum absolute atomic E-state index is 0.0500. The van der Waals surface area contributed by atoms with Crippen molar-refractivity contribution in [1.82, 2.24) is 0 Å². The van der Waals surface area contributed by atoms with Crippen LogP contribution in [0.1, 0.15) is 26.3 Å². The zero-order valence-corrected chi connectivity index (χ0v) is 9.45. The van der Waals surface area contributed by atoms with Crippen LogP contribution in [0.15, 0.2) is 12.1 Å². The van der Waals surface area contributed by atoms with Crippen molar-refractivity contribution >= 4 is 12.3 Å². The normalized spacial score (nSPS) is 10.5. The van der Waals surface area contributed by atoms with Crippen molar-refractivity contribution in [3.8, 4) is 11.8 Å². The fraction of sp³-hybridized carbons (Fsp3) is 0.182. The summed E-state index contributed by atoms with van der Waals surface area (Å²) in [4.78, 5) is 22.0. The lowest BCUT2D eigenvalue weighted by molar-refractivity contribution is -0.274. The maximum atomic E-state index is 12.2. The van der Waals surface area contributed by atoms with E-state index in [0.717, 1.165) is 19.2 Å². The largest absolute Gasteiger partial charge is 0.573 e. The van der Waals surface area contributed by atoms with Crippen molar-refractivity contribution in [3.05, 3.63) is 28.8 Å². The van der Waals surface area contributed by atoms with Crippen LogP contribution in [0.2, 0.25) is 0 Å². The maximum Gasteiger partial charge on any atom is 0.573 e. The molecule has 100 valence electrons. The molecule has 0 aliphatic carbocycles. The molecule has 0 saturated heterocycles. The van der Waals surface area contributed by atoms with Gasteiger partial charge in [0.05, 0.1) is 23.8 Å². The summed E-state index contributed by atoms with van der Waals surface area (Å²) >= 11 is 0. The number of nitriles is 1. The van der Waals surface area contributed by atoms with Gasteiger partial charge in [-0.1, -0.05) is 0 Å². The van der Waals surface area contributed by atoms with Crippen LogP contribution in [0.4, 0.5) is 13.2 Å². The molecule has 19 heavy (non-hydrogen) atoms. The van der Waals surface area contributed by atoms with Crippen molar-refractivity contribution in [1.29, 1.82) is 5.26 Å². The summed E-state index contributed by atoms with van der Waals surface area (Å²) < 4.78 is 44.4. The van der Waals surface area contributed by atoms with Gasteiger partial charge in [0.1, 0.15) is 6.07 Å². The predicted molar refractivity (Wildman–Crippen MR) is 54.6 cm³/mol. The van der Waals surface area contributed by atoms with E-state index in [0.29, 0.717) is 0 Å². The van der Waals surface area contributed by atoms with Gasteiger partial charge in [-0.25, -0.2) is 4.79 Å². The molecule has 5 nitrogen and oxygen atoms in total. The molecule has 1 aromatic rings. The maximum absolute atomic E-state index is 12.2. The number of carbonyl (C=O) groups is 2. The number of nitrogens with zero attached hydrogens (tertiary/aromatic N) is 1. The summed E-state index contributed by atoms with van der Waals surface area (Å²) in [6.45, 7) is 0. The van der Waals surface area contributed by atoms with Gasteiger partial charge >= 0.3 is 12.3 Å². The van der Waals surface area contributed by atoms with Gasteiger partial charge in [-0.15, -0.1) is 13.2 Å². The smallest absolute Gasteiger partial charge is 0.465 e. The predicted octanol–water partition coefficient (Wildman–Crippen LogP) is 2.06. The number of methoxy groups -OCH3 is 1. The van der Waals surface area contributed by atoms with Crippen molar-refractivity contribution in [2.24, 2.45) is 0 Å². The molecule has 0 fully saturated rings. The standard InChI is InChI=1S/C11H6F3NO4/c1-18-10(17)6-2-7(4-15)9(8(3-6)5-16)19-11(12,13)14/h2-3,5H,1H3. The molecule has 0 radical (unpaired) electrons. The monoisotopic (exact) mass is 273 g/mol. The second-order valence-corrected chi connectivity index (χ2v) is 3.21. The Bertz CT molecular complexity index is 560. The first kappa shape index (κ1) is 14.5. The Morgan fingerprint density at radius 1 is 1.42 bits per heavy atom. The molecule has 0 spiro atoms. The Hall–Kier alpha value is -2.56. The van der Waals surface area contributed by atoms with Crippen LogP contribution in [0.3, 0.4) is 0 Å². The molecule has 0 aliphatic heterocycles. The summed E-state index contributed by atoms with van der Waals surface area (Å²) in [6, 6.07) is 3.12. The number of esters is 1. The third-order valence-corrected chi connectivity index (χ3v) is 2.00. The van der Waals surface area contributed by atoms with E-state index < -0.39 is 29.2 Å². The van der Waals surface area contributed by atoms with Gasteiger partial charge in [-0.3, -0.25) is 4.79 Å². The lowest BCUT2D eigenvalue weighted by Gasteiger charge is -2.13. The van der Waals surface area contributed by atoms with Crippen LogP contribution in [-0.2, 0) is 4.74 Å². The Kier molecular flexibility index (Phi) is 4.11. The molecule has 0 atom stereocenters. The summed E-state index contributed by atoms with van der Waals surface area (Å²) in [6.07, 6.45) is -5.01. The number of halogens is 3. The van der Waals surface area contributed by atoms with E-state index in [2.05, 4.69) is 9.47 Å². The Balaban J connectivity index is 3.43. The summed E-state index contributed by atoms with van der Waals surface area (Å²) in [5, 5.41) is 8.75. The number of hydrogen-bond donors (Lipinski definition) is 0. The van der Waals surface area contributed by atoms with E-state index in [9.17, 15) is 22.8 Å². The van der Waals surface area contributed by atoms with E-state index in [1.54, 1.807) is 0 Å². The lowest BCUT2D eigenvalue weighted by atomic mass is 10.1. The van der Waals surface area contributed by atoms with Crippen molar-refractivity contribution < 1.29 is 32.2 Å². The van der Waals surface area contributed by atoms with Crippen LogP contribution < -0.4 is 4.74 Å². The first-order valence-corrected chi connectivity index (χ1v) is 4.69. The zero-order chi connectivity index (χ0) is 14.6. The van der Waals surface area contributed by atoms with Crippen LogP contribution in [0, 0.1) is 11.3 Å². The Morgan fingerprint density at radius 3 is 2.47 bits per heavy atom. The van der Waals surface area contributed by atoms with Crippen molar-refractivity contribution in [3.63, 3.8) is 0 Å². The average Bonchev–Trinajstić information content (AvgIpc) is 2.36. The number of benzene rings is 1. The molecule has 0 aliphatic rings. The molecular weight excluding hydrogens is 267 g/mol. The van der Waals surface area contributed by atoms with Gasteiger partial charge < -0.3 is 9.47 Å². The van der Waals surface area contributed by atoms with E-state index in [-0.39, 0.29) is 11.8 Å². The first-order valence-electron chi connectivity index (χ1n) is 4.69. The molecule has 0 N–H and O–H groups in total. The molecule has 8 heteroatoms. The van der Waals surface area contributed by atoms with Gasteiger partial charge in [-0.05, 0) is 12.1 Å². The molecule has 0 aromatic heterocycles. The molecule has 1 aromatic carbocycles. The molecule has 0 saturated carbocycles. The minimum Gasteiger partial charge on any atom is -0.465 e. The van der Waals surface area contributed by atoms with E-state index in [1.165, 1.54) is 6.07 Å². The van der Waals surface area contributed by atoms with Gasteiger partial charge in [0.25, 0.3) is 0 Å². The number of carbonyl (C=O) groups excluding carboxylic acids is 2. The highest BCUT2D eigenvalue weighted by Crippen LogP contribution is 2.30. The highest BCUT2D eigenvalue weighted by molar-refractivity contribution is 5.93. The van der Waals surface area contributed by atoms with Crippen LogP contribution in [0.25, 0.3) is 0 Å². The SMILES string of the molecule is COC(=O)c1cc(C#N)c(OC(F)(F)F)c(C=O)c1. The molecule has 0 heterocycles. The number of rotatable bonds is 3. The molecule has 0 amide bonds. The highest BCUT2D eigenvalue weighted by atomic mass is 19.4. The molecule has 1 rings (SSSR count). The van der Waals surface area contributed by atoms with E-state index in [1.807, 2.05) is 0 Å². The van der Waals surface area contributed by atoms with Gasteiger partial charge in [-0.2, -0.15) is 5.26 Å². The second-order valence-electron chi connectivity index (χ2n) is 3.21. The minimum atomic E-state index is -5.06.